The number of imidazole rings is 1. The highest BCUT2D eigenvalue weighted by Gasteiger charge is 2.39. The molecule has 4 heterocycles. The van der Waals surface area contributed by atoms with E-state index >= 15 is 0 Å². The number of hydrogen-bond donors (Lipinski definition) is 2. The number of aromatic nitrogens is 2. The monoisotopic (exact) mass is 448 g/mol. The van der Waals surface area contributed by atoms with Crippen molar-refractivity contribution in [3.63, 3.8) is 0 Å². The molecule has 6 rings (SSSR count). The Bertz CT molecular complexity index is 1190. The van der Waals surface area contributed by atoms with Crippen LogP contribution in [0.2, 0.25) is 0 Å². The number of H-pyrrole nitrogens is 1. The summed E-state index contributed by atoms with van der Waals surface area (Å²) in [5.74, 6) is 0.930. The summed E-state index contributed by atoms with van der Waals surface area (Å²) in [6, 6.07) is 13.3. The first-order chi connectivity index (χ1) is 16.2. The van der Waals surface area contributed by atoms with E-state index in [1.54, 1.807) is 16.8 Å². The first-order valence-corrected chi connectivity index (χ1v) is 12.0. The number of aromatic amines is 1. The number of benzene rings is 2. The molecule has 0 aliphatic carbocycles. The lowest BCUT2D eigenvalue weighted by molar-refractivity contribution is 0.162. The lowest BCUT2D eigenvalue weighted by Crippen LogP contribution is -2.38. The maximum Gasteiger partial charge on any atom is 0.326 e. The molecule has 3 aliphatic rings. The highest BCUT2D eigenvalue weighted by Crippen LogP contribution is 2.46. The number of piperidine rings is 2. The highest BCUT2D eigenvalue weighted by molar-refractivity contribution is 5.69. The van der Waals surface area contributed by atoms with Crippen molar-refractivity contribution in [3.05, 3.63) is 70.5 Å². The number of fused-ring (bicyclic) bond motifs is 3. The van der Waals surface area contributed by atoms with E-state index in [0.29, 0.717) is 11.7 Å². The van der Waals surface area contributed by atoms with Gasteiger partial charge in [0.25, 0.3) is 0 Å². The molecule has 172 valence electrons. The molecule has 0 bridgehead atoms. The Kier molecular flexibility index (Phi) is 5.21. The molecule has 0 spiro atoms. The van der Waals surface area contributed by atoms with Crippen molar-refractivity contribution in [2.75, 3.05) is 31.1 Å². The Hall–Kier alpha value is -3.06. The molecule has 2 fully saturated rings. The second-order valence-electron chi connectivity index (χ2n) is 9.38. The summed E-state index contributed by atoms with van der Waals surface area (Å²) in [5, 5.41) is 3.36. The molecule has 0 radical (unpaired) electrons. The average Bonchev–Trinajstić information content (AvgIpc) is 3.39. The summed E-state index contributed by atoms with van der Waals surface area (Å²) in [4.78, 5) is 17.7. The lowest BCUT2D eigenvalue weighted by atomic mass is 9.85. The van der Waals surface area contributed by atoms with Crippen LogP contribution in [0.1, 0.15) is 37.3 Å². The number of nitrogens with zero attached hydrogens (tertiary/aromatic N) is 2. The Balaban J connectivity index is 1.16. The first-order valence-electron chi connectivity index (χ1n) is 12.0. The van der Waals surface area contributed by atoms with Crippen molar-refractivity contribution >= 4 is 5.69 Å². The summed E-state index contributed by atoms with van der Waals surface area (Å²) in [6.45, 7) is 3.80. The van der Waals surface area contributed by atoms with E-state index in [1.807, 2.05) is 6.07 Å². The lowest BCUT2D eigenvalue weighted by Gasteiger charge is -2.37. The van der Waals surface area contributed by atoms with Gasteiger partial charge in [-0.15, -0.1) is 0 Å². The third-order valence-electron chi connectivity index (χ3n) is 7.49. The molecule has 2 saturated heterocycles. The number of ether oxygens (including phenoxy) is 1. The van der Waals surface area contributed by atoms with Gasteiger partial charge in [0.05, 0.1) is 11.7 Å². The molecule has 33 heavy (non-hydrogen) atoms. The van der Waals surface area contributed by atoms with Crippen molar-refractivity contribution in [2.45, 2.75) is 37.8 Å². The van der Waals surface area contributed by atoms with Gasteiger partial charge in [0.15, 0.2) is 0 Å². The van der Waals surface area contributed by atoms with Crippen LogP contribution in [-0.2, 0) is 0 Å². The Morgan fingerprint density at radius 3 is 2.48 bits per heavy atom. The fraction of sp³-hybridized carbons (Fsp3) is 0.423. The molecule has 2 N–H and O–H groups in total. The van der Waals surface area contributed by atoms with Gasteiger partial charge in [-0.05, 0) is 75.0 Å². The highest BCUT2D eigenvalue weighted by atomic mass is 19.1. The van der Waals surface area contributed by atoms with E-state index in [9.17, 15) is 9.18 Å². The van der Waals surface area contributed by atoms with Gasteiger partial charge in [-0.3, -0.25) is 4.57 Å². The molecule has 7 heteroatoms. The number of nitrogens with one attached hydrogen (secondary N) is 2. The largest absolute Gasteiger partial charge is 0.490 e. The van der Waals surface area contributed by atoms with Gasteiger partial charge in [0.1, 0.15) is 17.7 Å². The van der Waals surface area contributed by atoms with Gasteiger partial charge < -0.3 is 19.9 Å². The molecular formula is C26H29FN4O2. The van der Waals surface area contributed by atoms with Gasteiger partial charge in [0, 0.05) is 36.1 Å². The minimum Gasteiger partial charge on any atom is -0.490 e. The van der Waals surface area contributed by atoms with Gasteiger partial charge in [-0.1, -0.05) is 12.1 Å². The van der Waals surface area contributed by atoms with Gasteiger partial charge in [-0.2, -0.15) is 0 Å². The smallest absolute Gasteiger partial charge is 0.326 e. The number of halogens is 1. The second-order valence-corrected chi connectivity index (χ2v) is 9.38. The molecule has 1 atom stereocenters. The Labute approximate surface area is 192 Å². The average molecular weight is 449 g/mol. The summed E-state index contributed by atoms with van der Waals surface area (Å²) < 4.78 is 22.8. The summed E-state index contributed by atoms with van der Waals surface area (Å²) >= 11 is 0. The van der Waals surface area contributed by atoms with Crippen molar-refractivity contribution in [2.24, 2.45) is 5.92 Å². The van der Waals surface area contributed by atoms with E-state index in [2.05, 4.69) is 39.5 Å². The first kappa shape index (κ1) is 20.5. The molecule has 2 aromatic carbocycles. The third kappa shape index (κ3) is 3.64. The normalized spacial score (nSPS) is 21.1. The van der Waals surface area contributed by atoms with Gasteiger partial charge in [-0.25, -0.2) is 9.18 Å². The van der Waals surface area contributed by atoms with E-state index in [0.717, 1.165) is 68.9 Å². The van der Waals surface area contributed by atoms with E-state index in [-0.39, 0.29) is 23.5 Å². The predicted molar refractivity (Wildman–Crippen MR) is 126 cm³/mol. The molecule has 0 saturated carbocycles. The Morgan fingerprint density at radius 1 is 0.970 bits per heavy atom. The molecular weight excluding hydrogens is 419 g/mol. The minimum atomic E-state index is -0.238. The third-order valence-corrected chi connectivity index (χ3v) is 7.49. The number of hydrogen-bond acceptors (Lipinski definition) is 4. The summed E-state index contributed by atoms with van der Waals surface area (Å²) in [6.07, 6.45) is 5.91. The SMILES string of the molecule is O=c1[nH]cc2n1C(C1CCN(c3ccc(OC4CCNCC4)cc3)CC1)c1c(F)cccc1-2. The topological polar surface area (TPSA) is 62.3 Å². The zero-order chi connectivity index (χ0) is 22.4. The molecule has 1 aromatic heterocycles. The van der Waals surface area contributed by atoms with E-state index in [4.69, 9.17) is 4.74 Å². The molecule has 3 aromatic rings. The van der Waals surface area contributed by atoms with E-state index in [1.165, 1.54) is 11.8 Å². The van der Waals surface area contributed by atoms with Crippen molar-refractivity contribution in [3.8, 4) is 17.0 Å². The van der Waals surface area contributed by atoms with Crippen LogP contribution in [-0.4, -0.2) is 41.8 Å². The van der Waals surface area contributed by atoms with Crippen LogP contribution in [0.4, 0.5) is 10.1 Å². The molecule has 3 aliphatic heterocycles. The maximum atomic E-state index is 14.9. The van der Waals surface area contributed by atoms with Crippen molar-refractivity contribution in [1.82, 2.24) is 14.9 Å². The van der Waals surface area contributed by atoms with Crippen LogP contribution in [0.15, 0.2) is 53.5 Å². The van der Waals surface area contributed by atoms with Crippen LogP contribution in [0, 0.1) is 11.7 Å². The number of anilines is 1. The van der Waals surface area contributed by atoms with Crippen LogP contribution in [0.25, 0.3) is 11.3 Å². The standard InChI is InChI=1S/C26H29FN4O2/c27-22-3-1-2-21-23-16-29-26(32)31(23)25(24(21)22)17-10-14-30(15-11-17)18-4-6-19(7-5-18)33-20-8-12-28-13-9-20/h1-7,16-17,20,25,28H,8-15H2,(H,29,32). The minimum absolute atomic E-state index is 0.155. The van der Waals surface area contributed by atoms with Crippen LogP contribution < -0.4 is 20.6 Å². The summed E-state index contributed by atoms with van der Waals surface area (Å²) in [7, 11) is 0. The molecule has 6 nitrogen and oxygen atoms in total. The second kappa shape index (κ2) is 8.37. The van der Waals surface area contributed by atoms with Gasteiger partial charge in [0.2, 0.25) is 0 Å². The van der Waals surface area contributed by atoms with Crippen LogP contribution in [0.5, 0.6) is 5.75 Å². The van der Waals surface area contributed by atoms with Crippen LogP contribution >= 0.6 is 0 Å². The Morgan fingerprint density at radius 2 is 1.73 bits per heavy atom. The summed E-state index contributed by atoms with van der Waals surface area (Å²) in [5.41, 5.74) is 3.34. The maximum absolute atomic E-state index is 14.9. The zero-order valence-corrected chi connectivity index (χ0v) is 18.6. The predicted octanol–water partition coefficient (Wildman–Crippen LogP) is 3.93. The van der Waals surface area contributed by atoms with Crippen molar-refractivity contribution in [1.29, 1.82) is 0 Å². The molecule has 1 unspecified atom stereocenters. The molecule has 0 amide bonds. The fourth-order valence-electron chi connectivity index (χ4n) is 5.81. The van der Waals surface area contributed by atoms with E-state index < -0.39 is 0 Å². The zero-order valence-electron chi connectivity index (χ0n) is 18.6. The van der Waals surface area contributed by atoms with Gasteiger partial charge >= 0.3 is 5.69 Å². The van der Waals surface area contributed by atoms with Crippen molar-refractivity contribution < 1.29 is 9.13 Å². The number of rotatable bonds is 4. The van der Waals surface area contributed by atoms with Crippen LogP contribution in [0.3, 0.4) is 0 Å². The fourth-order valence-corrected chi connectivity index (χ4v) is 5.81. The quantitative estimate of drug-likeness (QED) is 0.635.